The zero-order valence-corrected chi connectivity index (χ0v) is 11.7. The van der Waals surface area contributed by atoms with E-state index in [-0.39, 0.29) is 5.91 Å². The van der Waals surface area contributed by atoms with Gasteiger partial charge in [-0.2, -0.15) is 0 Å². The molecule has 2 heterocycles. The first-order chi connectivity index (χ1) is 9.22. The highest BCUT2D eigenvalue weighted by molar-refractivity contribution is 7.09. The Bertz CT molecular complexity index is 581. The van der Waals surface area contributed by atoms with Crippen molar-refractivity contribution in [2.45, 2.75) is 38.6 Å². The second kappa shape index (κ2) is 5.17. The Kier molecular flexibility index (Phi) is 3.38. The van der Waals surface area contributed by atoms with Crippen molar-refractivity contribution in [3.63, 3.8) is 0 Å². The van der Waals surface area contributed by atoms with Crippen LogP contribution in [0.1, 0.15) is 41.2 Å². The molecule has 100 valence electrons. The number of amides is 1. The number of aryl methyl sites for hydroxylation is 1. The molecule has 2 aromatic heterocycles. The molecule has 4 nitrogen and oxygen atoms in total. The molecule has 2 aromatic rings. The lowest BCUT2D eigenvalue weighted by atomic mass is 10.2. The van der Waals surface area contributed by atoms with Gasteiger partial charge in [-0.25, -0.2) is 4.98 Å². The summed E-state index contributed by atoms with van der Waals surface area (Å²) < 4.78 is 0. The van der Waals surface area contributed by atoms with E-state index in [1.165, 1.54) is 12.8 Å². The Morgan fingerprint density at radius 1 is 1.47 bits per heavy atom. The Hall–Kier alpha value is -1.62. The fourth-order valence-corrected chi connectivity index (χ4v) is 3.12. The molecule has 1 fully saturated rings. The molecule has 0 aromatic carbocycles. The summed E-state index contributed by atoms with van der Waals surface area (Å²) in [5.74, 6) is -0.00917. The number of carbonyl (C=O) groups excluding carboxylic acids is 1. The minimum atomic E-state index is -0.00917. The van der Waals surface area contributed by atoms with Gasteiger partial charge in [0.2, 0.25) is 0 Å². The van der Waals surface area contributed by atoms with Crippen molar-refractivity contribution in [1.29, 1.82) is 0 Å². The van der Waals surface area contributed by atoms with E-state index in [1.54, 1.807) is 11.3 Å². The van der Waals surface area contributed by atoms with Crippen LogP contribution in [0.2, 0.25) is 0 Å². The molecule has 0 spiro atoms. The van der Waals surface area contributed by atoms with E-state index in [9.17, 15) is 4.79 Å². The van der Waals surface area contributed by atoms with Gasteiger partial charge in [0.1, 0.15) is 5.69 Å². The number of thiazole rings is 1. The predicted molar refractivity (Wildman–Crippen MR) is 76.4 cm³/mol. The van der Waals surface area contributed by atoms with Gasteiger partial charge in [0, 0.05) is 23.2 Å². The maximum absolute atomic E-state index is 12.1. The standard InChI is InChI=1S/C14H17N3OS/c1-9-16-13(8-19-9)10-6-12(15-7-10)14(18)17-11-4-2-3-5-11/h6-8,11,15H,2-5H2,1H3,(H,17,18). The molecule has 3 rings (SSSR count). The largest absolute Gasteiger partial charge is 0.357 e. The van der Waals surface area contributed by atoms with Gasteiger partial charge in [0.15, 0.2) is 0 Å². The first-order valence-corrected chi connectivity index (χ1v) is 7.52. The summed E-state index contributed by atoms with van der Waals surface area (Å²) in [5.41, 5.74) is 2.52. The quantitative estimate of drug-likeness (QED) is 0.904. The van der Waals surface area contributed by atoms with Crippen LogP contribution in [0.3, 0.4) is 0 Å². The van der Waals surface area contributed by atoms with Crippen molar-refractivity contribution < 1.29 is 4.79 Å². The molecular formula is C14H17N3OS. The van der Waals surface area contributed by atoms with Crippen LogP contribution < -0.4 is 5.32 Å². The van der Waals surface area contributed by atoms with Crippen LogP contribution in [-0.2, 0) is 0 Å². The van der Waals surface area contributed by atoms with E-state index in [2.05, 4.69) is 15.3 Å². The summed E-state index contributed by atoms with van der Waals surface area (Å²) in [4.78, 5) is 19.6. The molecule has 0 saturated heterocycles. The first-order valence-electron chi connectivity index (χ1n) is 6.64. The summed E-state index contributed by atoms with van der Waals surface area (Å²) in [6.45, 7) is 1.98. The molecule has 0 bridgehead atoms. The van der Waals surface area contributed by atoms with Gasteiger partial charge in [-0.05, 0) is 25.8 Å². The van der Waals surface area contributed by atoms with Gasteiger partial charge in [-0.3, -0.25) is 4.79 Å². The predicted octanol–water partition coefficient (Wildman–Crippen LogP) is 3.12. The minimum Gasteiger partial charge on any atom is -0.357 e. The van der Waals surface area contributed by atoms with E-state index < -0.39 is 0 Å². The summed E-state index contributed by atoms with van der Waals surface area (Å²) >= 11 is 1.62. The summed E-state index contributed by atoms with van der Waals surface area (Å²) in [6, 6.07) is 2.22. The second-order valence-corrected chi connectivity index (χ2v) is 6.07. The van der Waals surface area contributed by atoms with Crippen molar-refractivity contribution >= 4 is 17.2 Å². The Labute approximate surface area is 116 Å². The van der Waals surface area contributed by atoms with Crippen LogP contribution in [-0.4, -0.2) is 21.9 Å². The highest BCUT2D eigenvalue weighted by Gasteiger charge is 2.19. The SMILES string of the molecule is Cc1nc(-c2c[nH]c(C(=O)NC3CCCC3)c2)cs1. The van der Waals surface area contributed by atoms with Crippen molar-refractivity contribution in [1.82, 2.24) is 15.3 Å². The number of nitrogens with one attached hydrogen (secondary N) is 2. The molecular weight excluding hydrogens is 258 g/mol. The minimum absolute atomic E-state index is 0.00917. The molecule has 19 heavy (non-hydrogen) atoms. The maximum Gasteiger partial charge on any atom is 0.267 e. The molecule has 0 radical (unpaired) electrons. The number of hydrogen-bond acceptors (Lipinski definition) is 3. The zero-order valence-electron chi connectivity index (χ0n) is 10.9. The normalized spacial score (nSPS) is 15.8. The van der Waals surface area contributed by atoms with Crippen LogP contribution in [0.15, 0.2) is 17.6 Å². The third-order valence-corrected chi connectivity index (χ3v) is 4.31. The maximum atomic E-state index is 12.1. The number of carbonyl (C=O) groups is 1. The van der Waals surface area contributed by atoms with Gasteiger partial charge < -0.3 is 10.3 Å². The van der Waals surface area contributed by atoms with Crippen LogP contribution in [0.25, 0.3) is 11.3 Å². The van der Waals surface area contributed by atoms with Crippen molar-refractivity contribution in [3.8, 4) is 11.3 Å². The topological polar surface area (TPSA) is 57.8 Å². The van der Waals surface area contributed by atoms with Crippen molar-refractivity contribution in [2.75, 3.05) is 0 Å². The third-order valence-electron chi connectivity index (χ3n) is 3.53. The molecule has 1 amide bonds. The van der Waals surface area contributed by atoms with Crippen molar-refractivity contribution in [3.05, 3.63) is 28.3 Å². The van der Waals surface area contributed by atoms with Crippen molar-refractivity contribution in [2.24, 2.45) is 0 Å². The number of aromatic amines is 1. The van der Waals surface area contributed by atoms with E-state index in [0.29, 0.717) is 11.7 Å². The average molecular weight is 275 g/mol. The number of rotatable bonds is 3. The van der Waals surface area contributed by atoms with Gasteiger partial charge in [-0.1, -0.05) is 12.8 Å². The smallest absolute Gasteiger partial charge is 0.267 e. The number of nitrogens with zero attached hydrogens (tertiary/aromatic N) is 1. The number of hydrogen-bond donors (Lipinski definition) is 2. The molecule has 2 N–H and O–H groups in total. The van der Waals surface area contributed by atoms with Crippen LogP contribution in [0.5, 0.6) is 0 Å². The monoisotopic (exact) mass is 275 g/mol. The molecule has 1 saturated carbocycles. The van der Waals surface area contributed by atoms with Crippen LogP contribution in [0.4, 0.5) is 0 Å². The molecule has 5 heteroatoms. The molecule has 0 unspecified atom stereocenters. The molecule has 1 aliphatic rings. The van der Waals surface area contributed by atoms with Gasteiger partial charge >= 0.3 is 0 Å². The lowest BCUT2D eigenvalue weighted by Gasteiger charge is -2.10. The summed E-state index contributed by atoms with van der Waals surface area (Å²) in [7, 11) is 0. The Morgan fingerprint density at radius 2 is 2.26 bits per heavy atom. The van der Waals surface area contributed by atoms with E-state index in [0.717, 1.165) is 29.1 Å². The molecule has 1 aliphatic carbocycles. The van der Waals surface area contributed by atoms with Crippen LogP contribution >= 0.6 is 11.3 Å². The number of aromatic nitrogens is 2. The molecule has 0 atom stereocenters. The Balaban J connectivity index is 1.71. The van der Waals surface area contributed by atoms with Crippen LogP contribution in [0, 0.1) is 6.92 Å². The second-order valence-electron chi connectivity index (χ2n) is 5.01. The van der Waals surface area contributed by atoms with Gasteiger partial charge in [0.05, 0.1) is 10.7 Å². The lowest BCUT2D eigenvalue weighted by molar-refractivity contribution is 0.0933. The van der Waals surface area contributed by atoms with E-state index >= 15 is 0 Å². The lowest BCUT2D eigenvalue weighted by Crippen LogP contribution is -2.32. The van der Waals surface area contributed by atoms with Gasteiger partial charge in [-0.15, -0.1) is 11.3 Å². The fourth-order valence-electron chi connectivity index (χ4n) is 2.50. The third kappa shape index (κ3) is 2.71. The van der Waals surface area contributed by atoms with E-state index in [4.69, 9.17) is 0 Å². The van der Waals surface area contributed by atoms with Gasteiger partial charge in [0.25, 0.3) is 5.91 Å². The molecule has 0 aliphatic heterocycles. The average Bonchev–Trinajstić information content (AvgIpc) is 3.07. The summed E-state index contributed by atoms with van der Waals surface area (Å²) in [6.07, 6.45) is 6.49. The fraction of sp³-hybridized carbons (Fsp3) is 0.429. The van der Waals surface area contributed by atoms with E-state index in [1.807, 2.05) is 24.6 Å². The highest BCUT2D eigenvalue weighted by atomic mass is 32.1. The first kappa shape index (κ1) is 12.4. The zero-order chi connectivity index (χ0) is 13.2. The highest BCUT2D eigenvalue weighted by Crippen LogP contribution is 2.23. The Morgan fingerprint density at radius 3 is 2.95 bits per heavy atom. The number of H-pyrrole nitrogens is 1. The summed E-state index contributed by atoms with van der Waals surface area (Å²) in [5, 5.41) is 6.12.